The Morgan fingerprint density at radius 1 is 1.08 bits per heavy atom. The van der Waals surface area contributed by atoms with Crippen LogP contribution in [0, 0.1) is 13.8 Å². The van der Waals surface area contributed by atoms with E-state index in [2.05, 4.69) is 39.1 Å². The molecule has 0 radical (unpaired) electrons. The minimum atomic E-state index is -0.159. The Bertz CT molecular complexity index is 1540. The minimum Gasteiger partial charge on any atom is -0.358 e. The van der Waals surface area contributed by atoms with Crippen molar-refractivity contribution in [2.45, 2.75) is 40.5 Å². The van der Waals surface area contributed by atoms with Crippen LogP contribution >= 0.6 is 0 Å². The summed E-state index contributed by atoms with van der Waals surface area (Å²) in [7, 11) is 0. The summed E-state index contributed by atoms with van der Waals surface area (Å²) >= 11 is 0. The van der Waals surface area contributed by atoms with E-state index in [1.165, 1.54) is 0 Å². The van der Waals surface area contributed by atoms with Crippen molar-refractivity contribution in [1.29, 1.82) is 0 Å². The van der Waals surface area contributed by atoms with E-state index < -0.39 is 0 Å². The van der Waals surface area contributed by atoms with Crippen molar-refractivity contribution in [2.24, 2.45) is 0 Å². The number of carbonyl (C=O) groups is 2. The predicted octanol–water partition coefficient (Wildman–Crippen LogP) is 5.68. The number of ketones is 1. The van der Waals surface area contributed by atoms with Gasteiger partial charge in [-0.15, -0.1) is 0 Å². The Hall–Kier alpha value is -4.30. The van der Waals surface area contributed by atoms with Crippen molar-refractivity contribution in [1.82, 2.24) is 24.6 Å². The minimum absolute atomic E-state index is 0.142. The first-order chi connectivity index (χ1) is 18.9. The van der Waals surface area contributed by atoms with E-state index in [-0.39, 0.29) is 11.7 Å². The van der Waals surface area contributed by atoms with Crippen LogP contribution in [0.1, 0.15) is 59.6 Å². The molecule has 1 amide bonds. The first-order valence-electron chi connectivity index (χ1n) is 13.5. The zero-order chi connectivity index (χ0) is 27.5. The number of aromatic amines is 1. The molecule has 0 saturated heterocycles. The van der Waals surface area contributed by atoms with Gasteiger partial charge in [-0.2, -0.15) is 5.10 Å². The Morgan fingerprint density at radius 2 is 1.85 bits per heavy atom. The topological polar surface area (TPSA) is 95.9 Å². The largest absolute Gasteiger partial charge is 0.358 e. The molecule has 0 aliphatic carbocycles. The zero-order valence-corrected chi connectivity index (χ0v) is 22.9. The van der Waals surface area contributed by atoms with Crippen LogP contribution in [0.25, 0.3) is 28.5 Å². The number of aryl methyl sites for hydroxylation is 1. The summed E-state index contributed by atoms with van der Waals surface area (Å²) in [5, 5.41) is 7.46. The highest BCUT2D eigenvalue weighted by atomic mass is 16.2. The van der Waals surface area contributed by atoms with Gasteiger partial charge in [-0.25, -0.2) is 4.68 Å². The first-order valence-corrected chi connectivity index (χ1v) is 13.5. The SMILES string of the molecule is CCN(CC)CCCC(=O)c1c(C)[nH]c(/C=C2\C(=O)Nc3ccc(-c4cnn(-c5ccncc5)c4)cc32)c1C. The van der Waals surface area contributed by atoms with Gasteiger partial charge in [0.15, 0.2) is 5.78 Å². The maximum Gasteiger partial charge on any atom is 0.256 e. The normalized spacial score (nSPS) is 13.8. The fourth-order valence-corrected chi connectivity index (χ4v) is 5.23. The fourth-order valence-electron chi connectivity index (χ4n) is 5.23. The monoisotopic (exact) mass is 522 g/mol. The van der Waals surface area contributed by atoms with Crippen LogP contribution in [-0.4, -0.2) is 56.0 Å². The van der Waals surface area contributed by atoms with E-state index in [0.717, 1.165) is 76.6 Å². The summed E-state index contributed by atoms with van der Waals surface area (Å²) in [4.78, 5) is 35.8. The van der Waals surface area contributed by atoms with Crippen LogP contribution in [0.5, 0.6) is 0 Å². The Labute approximate surface area is 228 Å². The molecule has 0 unspecified atom stereocenters. The number of nitrogens with zero attached hydrogens (tertiary/aromatic N) is 4. The van der Waals surface area contributed by atoms with Gasteiger partial charge in [-0.05, 0) is 81.4 Å². The second-order valence-electron chi connectivity index (χ2n) is 9.87. The number of rotatable bonds is 10. The average molecular weight is 523 g/mol. The number of H-pyrrole nitrogens is 1. The molecule has 0 spiro atoms. The third-order valence-electron chi connectivity index (χ3n) is 7.46. The molecular weight excluding hydrogens is 488 g/mol. The summed E-state index contributed by atoms with van der Waals surface area (Å²) in [6.07, 6.45) is 10.4. The van der Waals surface area contributed by atoms with Crippen molar-refractivity contribution >= 4 is 29.0 Å². The molecule has 1 aromatic carbocycles. The highest BCUT2D eigenvalue weighted by molar-refractivity contribution is 6.35. The zero-order valence-electron chi connectivity index (χ0n) is 22.9. The molecule has 4 heterocycles. The predicted molar refractivity (Wildman–Crippen MR) is 155 cm³/mol. The van der Waals surface area contributed by atoms with Gasteiger partial charge in [-0.3, -0.25) is 14.6 Å². The molecule has 1 aliphatic heterocycles. The van der Waals surface area contributed by atoms with Crippen molar-refractivity contribution in [2.75, 3.05) is 25.0 Å². The Balaban J connectivity index is 1.41. The van der Waals surface area contributed by atoms with E-state index in [1.54, 1.807) is 17.1 Å². The molecule has 2 N–H and O–H groups in total. The number of hydrogen-bond acceptors (Lipinski definition) is 5. The molecule has 200 valence electrons. The van der Waals surface area contributed by atoms with Gasteiger partial charge in [0.05, 0.1) is 17.5 Å². The number of hydrogen-bond donors (Lipinski definition) is 2. The maximum absolute atomic E-state index is 13.1. The number of benzene rings is 1. The molecule has 39 heavy (non-hydrogen) atoms. The van der Waals surface area contributed by atoms with Crippen molar-refractivity contribution in [3.63, 3.8) is 0 Å². The third kappa shape index (κ3) is 5.33. The lowest BCUT2D eigenvalue weighted by Crippen LogP contribution is -2.24. The quantitative estimate of drug-likeness (QED) is 0.206. The van der Waals surface area contributed by atoms with Crippen molar-refractivity contribution in [3.8, 4) is 16.8 Å². The summed E-state index contributed by atoms with van der Waals surface area (Å²) in [6, 6.07) is 9.71. The number of pyridine rings is 1. The van der Waals surface area contributed by atoms with Crippen molar-refractivity contribution < 1.29 is 9.59 Å². The van der Waals surface area contributed by atoms with E-state index in [1.807, 2.05) is 62.6 Å². The third-order valence-corrected chi connectivity index (χ3v) is 7.46. The lowest BCUT2D eigenvalue weighted by atomic mass is 9.98. The Kier molecular flexibility index (Phi) is 7.56. The number of Topliss-reactive ketones (excluding diaryl/α,β-unsaturated/α-hetero) is 1. The molecule has 1 aliphatic rings. The van der Waals surface area contributed by atoms with Gasteiger partial charge in [0.1, 0.15) is 0 Å². The standard InChI is InChI=1S/C31H34N6O2/c1-5-36(6-2)15-7-8-29(38)30-20(3)28(34-21(30)4)17-26-25-16-22(9-10-27(25)35-31(26)39)23-18-33-37(19-23)24-11-13-32-14-12-24/h9-14,16-19,34H,5-8,15H2,1-4H3,(H,35,39)/b26-17-. The van der Waals surface area contributed by atoms with E-state index in [0.29, 0.717) is 12.0 Å². The molecule has 0 fully saturated rings. The summed E-state index contributed by atoms with van der Waals surface area (Å²) in [5.41, 5.74) is 8.22. The number of carbonyl (C=O) groups excluding carboxylic acids is 2. The van der Waals surface area contributed by atoms with Crippen LogP contribution in [0.2, 0.25) is 0 Å². The van der Waals surface area contributed by atoms with Crippen LogP contribution in [0.3, 0.4) is 0 Å². The maximum atomic E-state index is 13.1. The molecule has 5 rings (SSSR count). The van der Waals surface area contributed by atoms with Gasteiger partial charge >= 0.3 is 0 Å². The molecule has 8 heteroatoms. The van der Waals surface area contributed by atoms with Crippen LogP contribution in [-0.2, 0) is 4.79 Å². The van der Waals surface area contributed by atoms with Crippen molar-refractivity contribution in [3.05, 3.63) is 83.2 Å². The van der Waals surface area contributed by atoms with Crippen LogP contribution in [0.4, 0.5) is 5.69 Å². The second-order valence-corrected chi connectivity index (χ2v) is 9.87. The number of nitrogens with one attached hydrogen (secondary N) is 2. The van der Waals surface area contributed by atoms with Crippen LogP contribution < -0.4 is 5.32 Å². The fraction of sp³-hybridized carbons (Fsp3) is 0.290. The van der Waals surface area contributed by atoms with E-state index in [9.17, 15) is 9.59 Å². The highest BCUT2D eigenvalue weighted by Gasteiger charge is 2.26. The summed E-state index contributed by atoms with van der Waals surface area (Å²) in [5.74, 6) is -0.0174. The van der Waals surface area contributed by atoms with Crippen LogP contribution in [0.15, 0.2) is 55.1 Å². The first kappa shape index (κ1) is 26.3. The lowest BCUT2D eigenvalue weighted by molar-refractivity contribution is -0.110. The van der Waals surface area contributed by atoms with Gasteiger partial charge in [0.25, 0.3) is 5.91 Å². The highest BCUT2D eigenvalue weighted by Crippen LogP contribution is 2.37. The molecule has 4 aromatic rings. The molecule has 0 saturated carbocycles. The summed E-state index contributed by atoms with van der Waals surface area (Å²) in [6.45, 7) is 11.0. The molecule has 0 atom stereocenters. The second kappa shape index (κ2) is 11.2. The smallest absolute Gasteiger partial charge is 0.256 e. The van der Waals surface area contributed by atoms with Gasteiger partial charge in [0.2, 0.25) is 0 Å². The van der Waals surface area contributed by atoms with Gasteiger partial charge in [-0.1, -0.05) is 19.9 Å². The summed E-state index contributed by atoms with van der Waals surface area (Å²) < 4.78 is 1.80. The average Bonchev–Trinajstić information content (AvgIpc) is 3.63. The molecule has 8 nitrogen and oxygen atoms in total. The van der Waals surface area contributed by atoms with Gasteiger partial charge < -0.3 is 15.2 Å². The molecule has 3 aromatic heterocycles. The molecule has 0 bridgehead atoms. The number of aromatic nitrogens is 4. The van der Waals surface area contributed by atoms with Gasteiger partial charge in [0, 0.05) is 58.8 Å². The number of anilines is 1. The number of amides is 1. The molecular formula is C31H34N6O2. The van der Waals surface area contributed by atoms with E-state index in [4.69, 9.17) is 0 Å². The Morgan fingerprint density at radius 3 is 2.59 bits per heavy atom. The number of fused-ring (bicyclic) bond motifs is 1. The van der Waals surface area contributed by atoms with E-state index >= 15 is 0 Å². The lowest BCUT2D eigenvalue weighted by Gasteiger charge is -2.17.